The predicted octanol–water partition coefficient (Wildman–Crippen LogP) is 6.47. The molecule has 6 rings (SSSR count). The van der Waals surface area contributed by atoms with Crippen molar-refractivity contribution in [1.82, 2.24) is 14.0 Å². The first kappa shape index (κ1) is 32.2. The Labute approximate surface area is 270 Å². The lowest BCUT2D eigenvalue weighted by molar-refractivity contribution is 0.0229. The fraction of sp³-hybridized carbons (Fsp3) is 0.375. The smallest absolute Gasteiger partial charge is 0.302 e. The average Bonchev–Trinajstić information content (AvgIpc) is 3.72. The van der Waals surface area contributed by atoms with Gasteiger partial charge in [-0.1, -0.05) is 47.1 Å². The quantitative estimate of drug-likeness (QED) is 0.187. The summed E-state index contributed by atoms with van der Waals surface area (Å²) >= 11 is 6.74. The van der Waals surface area contributed by atoms with E-state index < -0.39 is 39.4 Å². The molecule has 1 fully saturated rings. The molecule has 46 heavy (non-hydrogen) atoms. The monoisotopic (exact) mass is 673 g/mol. The number of nitrogens with zero attached hydrogens (tertiary/aromatic N) is 3. The molecule has 1 saturated heterocycles. The Hall–Kier alpha value is -3.78. The Bertz CT molecular complexity index is 1880. The number of benzene rings is 2. The van der Waals surface area contributed by atoms with Crippen molar-refractivity contribution >= 4 is 39.1 Å². The summed E-state index contributed by atoms with van der Waals surface area (Å²) in [6.07, 6.45) is 3.10. The number of fused-ring (bicyclic) bond motifs is 1. The second-order valence-corrected chi connectivity index (χ2v) is 14.1. The Morgan fingerprint density at radius 1 is 1.13 bits per heavy atom. The molecular formula is C32H34ClF2N5O5S. The van der Waals surface area contributed by atoms with Gasteiger partial charge in [0.25, 0.3) is 5.91 Å². The maximum atomic E-state index is 14.1. The molecule has 2 aromatic carbocycles. The van der Waals surface area contributed by atoms with Crippen LogP contribution in [0.15, 0.2) is 59.1 Å². The standard InChI is InChI=1S/C32H34ClF2N5O5S/c1-19-11-13-22(18-32(2,42)27-17-26(45-37-27)20-8-4-3-5-9-20)40(19)46(43,44)38-29-25-10-6-7-15-39(25)30(28(29)33)31(41)36-21-12-14-23(34)24(35)16-21/h3-5,8-9,12,14,16-17,19,22,38,42H,6-7,10-11,13,15,18H2,1-2H3,(H,36,41). The van der Waals surface area contributed by atoms with Crippen molar-refractivity contribution in [2.45, 2.75) is 76.6 Å². The zero-order chi connectivity index (χ0) is 32.8. The molecule has 10 nitrogen and oxygen atoms in total. The molecule has 0 radical (unpaired) electrons. The molecule has 3 atom stereocenters. The summed E-state index contributed by atoms with van der Waals surface area (Å²) < 4.78 is 66.5. The highest BCUT2D eigenvalue weighted by Gasteiger charge is 2.44. The molecule has 4 heterocycles. The van der Waals surface area contributed by atoms with Gasteiger partial charge in [0, 0.05) is 47.7 Å². The molecule has 3 N–H and O–H groups in total. The Morgan fingerprint density at radius 3 is 2.63 bits per heavy atom. The Morgan fingerprint density at radius 2 is 1.89 bits per heavy atom. The van der Waals surface area contributed by atoms with Crippen LogP contribution in [-0.4, -0.2) is 45.5 Å². The third-order valence-corrected chi connectivity index (χ3v) is 10.8. The van der Waals surface area contributed by atoms with Gasteiger partial charge < -0.3 is 19.5 Å². The van der Waals surface area contributed by atoms with Crippen molar-refractivity contribution in [3.63, 3.8) is 0 Å². The van der Waals surface area contributed by atoms with Gasteiger partial charge in [0.15, 0.2) is 17.4 Å². The second-order valence-electron chi connectivity index (χ2n) is 12.1. The third-order valence-electron chi connectivity index (χ3n) is 8.72. The first-order valence-corrected chi connectivity index (χ1v) is 16.9. The lowest BCUT2D eigenvalue weighted by Gasteiger charge is -2.32. The van der Waals surface area contributed by atoms with E-state index >= 15 is 0 Å². The molecule has 2 aliphatic heterocycles. The van der Waals surface area contributed by atoms with Crippen molar-refractivity contribution in [2.24, 2.45) is 0 Å². The van der Waals surface area contributed by atoms with Crippen LogP contribution < -0.4 is 10.0 Å². The van der Waals surface area contributed by atoms with Crippen LogP contribution in [0.1, 0.15) is 67.8 Å². The number of carbonyl (C=O) groups excluding carboxylic acids is 1. The maximum absolute atomic E-state index is 14.1. The number of aromatic nitrogens is 2. The van der Waals surface area contributed by atoms with Crippen molar-refractivity contribution in [3.05, 3.63) is 88.3 Å². The number of hydrogen-bond donors (Lipinski definition) is 3. The number of carbonyl (C=O) groups is 1. The highest BCUT2D eigenvalue weighted by Crippen LogP contribution is 2.41. The van der Waals surface area contributed by atoms with Gasteiger partial charge in [0.2, 0.25) is 0 Å². The Balaban J connectivity index is 1.26. The van der Waals surface area contributed by atoms with E-state index in [0.29, 0.717) is 37.3 Å². The van der Waals surface area contributed by atoms with Crippen molar-refractivity contribution in [3.8, 4) is 11.3 Å². The largest absolute Gasteiger partial charge is 0.384 e. The molecule has 2 aromatic heterocycles. The first-order chi connectivity index (χ1) is 21.9. The van der Waals surface area contributed by atoms with Crippen molar-refractivity contribution < 1.29 is 31.6 Å². The van der Waals surface area contributed by atoms with Gasteiger partial charge in [0.1, 0.15) is 17.0 Å². The molecule has 0 aliphatic carbocycles. The lowest BCUT2D eigenvalue weighted by Crippen LogP contribution is -2.45. The molecule has 0 bridgehead atoms. The van der Waals surface area contributed by atoms with Crippen LogP contribution in [-0.2, 0) is 28.8 Å². The highest BCUT2D eigenvalue weighted by molar-refractivity contribution is 7.90. The van der Waals surface area contributed by atoms with Crippen molar-refractivity contribution in [1.29, 1.82) is 0 Å². The van der Waals surface area contributed by atoms with E-state index in [9.17, 15) is 27.1 Å². The zero-order valence-corrected chi connectivity index (χ0v) is 26.8. The first-order valence-electron chi connectivity index (χ1n) is 15.1. The van der Waals surface area contributed by atoms with Crippen LogP contribution in [0, 0.1) is 11.6 Å². The van der Waals surface area contributed by atoms with E-state index in [1.54, 1.807) is 24.5 Å². The Kier molecular flexibility index (Phi) is 8.70. The fourth-order valence-electron chi connectivity index (χ4n) is 6.48. The second kappa shape index (κ2) is 12.4. The van der Waals surface area contributed by atoms with E-state index in [1.807, 2.05) is 30.3 Å². The zero-order valence-electron chi connectivity index (χ0n) is 25.3. The normalized spacial score (nSPS) is 19.9. The number of halogens is 3. The van der Waals surface area contributed by atoms with Gasteiger partial charge >= 0.3 is 10.2 Å². The van der Waals surface area contributed by atoms with E-state index in [4.69, 9.17) is 16.1 Å². The van der Waals surface area contributed by atoms with Gasteiger partial charge in [-0.2, -0.15) is 12.7 Å². The van der Waals surface area contributed by atoms with Crippen LogP contribution in [0.3, 0.4) is 0 Å². The summed E-state index contributed by atoms with van der Waals surface area (Å²) in [7, 11) is -4.23. The third kappa shape index (κ3) is 6.16. The summed E-state index contributed by atoms with van der Waals surface area (Å²) in [5.41, 5.74) is 0.289. The molecule has 1 amide bonds. The predicted molar refractivity (Wildman–Crippen MR) is 170 cm³/mol. The van der Waals surface area contributed by atoms with Crippen LogP contribution in [0.25, 0.3) is 11.3 Å². The average molecular weight is 674 g/mol. The SMILES string of the molecule is CC1CCC(CC(C)(O)c2cc(-c3ccccc3)on2)N1S(=O)(=O)Nc1c(Cl)c(C(=O)Nc2ccc(F)c(F)c2)n2c1CCCC2. The number of rotatable bonds is 9. The topological polar surface area (TPSA) is 130 Å². The molecular weight excluding hydrogens is 640 g/mol. The van der Waals surface area contributed by atoms with E-state index in [1.165, 1.54) is 10.4 Å². The summed E-state index contributed by atoms with van der Waals surface area (Å²) in [6, 6.07) is 13.0. The number of nitrogens with one attached hydrogen (secondary N) is 2. The molecule has 244 valence electrons. The lowest BCUT2D eigenvalue weighted by atomic mass is 9.92. The van der Waals surface area contributed by atoms with Gasteiger partial charge in [0.05, 0.1) is 10.7 Å². The van der Waals surface area contributed by atoms with E-state index in [2.05, 4.69) is 15.2 Å². The molecule has 3 unspecified atom stereocenters. The fourth-order valence-corrected chi connectivity index (χ4v) is 8.61. The minimum atomic E-state index is -4.23. The number of hydrogen-bond acceptors (Lipinski definition) is 6. The summed E-state index contributed by atoms with van der Waals surface area (Å²) in [6.45, 7) is 3.81. The molecule has 0 spiro atoms. The van der Waals surface area contributed by atoms with E-state index in [0.717, 1.165) is 30.5 Å². The van der Waals surface area contributed by atoms with E-state index in [-0.39, 0.29) is 40.2 Å². The van der Waals surface area contributed by atoms with Crippen LogP contribution in [0.4, 0.5) is 20.2 Å². The highest BCUT2D eigenvalue weighted by atomic mass is 35.5. The van der Waals surface area contributed by atoms with Crippen LogP contribution in [0.5, 0.6) is 0 Å². The van der Waals surface area contributed by atoms with Gasteiger partial charge in [-0.25, -0.2) is 8.78 Å². The molecule has 4 aromatic rings. The number of aliphatic hydroxyl groups is 1. The molecule has 0 saturated carbocycles. The van der Waals surface area contributed by atoms with Gasteiger partial charge in [-0.3, -0.25) is 9.52 Å². The summed E-state index contributed by atoms with van der Waals surface area (Å²) in [5, 5.41) is 18.0. The van der Waals surface area contributed by atoms with Crippen LogP contribution >= 0.6 is 11.6 Å². The minimum absolute atomic E-state index is 0.0213. The van der Waals surface area contributed by atoms with Crippen LogP contribution in [0.2, 0.25) is 5.02 Å². The van der Waals surface area contributed by atoms with Gasteiger partial charge in [-0.05, 0) is 64.5 Å². The summed E-state index contributed by atoms with van der Waals surface area (Å²) in [4.78, 5) is 13.4. The van der Waals surface area contributed by atoms with Crippen molar-refractivity contribution in [2.75, 3.05) is 10.0 Å². The maximum Gasteiger partial charge on any atom is 0.302 e. The number of anilines is 2. The number of amides is 1. The molecule has 2 aliphatic rings. The molecule has 14 heteroatoms. The minimum Gasteiger partial charge on any atom is -0.384 e. The van der Waals surface area contributed by atoms with Gasteiger partial charge in [-0.15, -0.1) is 0 Å². The summed E-state index contributed by atoms with van der Waals surface area (Å²) in [5.74, 6) is -2.38.